The molecule has 1 unspecified atom stereocenters. The number of hydrogen-bond acceptors (Lipinski definition) is 3. The SMILES string of the molecule is CC(C)OC1CCC(OC(C)N)CC1. The molecule has 3 heteroatoms. The van der Waals surface area contributed by atoms with E-state index in [1.165, 1.54) is 0 Å². The molecule has 0 spiro atoms. The van der Waals surface area contributed by atoms with Gasteiger partial charge in [0.2, 0.25) is 0 Å². The van der Waals surface area contributed by atoms with Gasteiger partial charge in [0.15, 0.2) is 0 Å². The van der Waals surface area contributed by atoms with Gasteiger partial charge in [-0.1, -0.05) is 0 Å². The topological polar surface area (TPSA) is 44.5 Å². The van der Waals surface area contributed by atoms with E-state index in [0.29, 0.717) is 18.3 Å². The predicted molar refractivity (Wildman–Crippen MR) is 57.0 cm³/mol. The highest BCUT2D eigenvalue weighted by molar-refractivity contribution is 4.73. The highest BCUT2D eigenvalue weighted by Crippen LogP contribution is 2.24. The summed E-state index contributed by atoms with van der Waals surface area (Å²) < 4.78 is 11.3. The monoisotopic (exact) mass is 201 g/mol. The third-order valence-corrected chi connectivity index (χ3v) is 2.49. The number of nitrogens with two attached hydrogens (primary N) is 1. The van der Waals surface area contributed by atoms with Gasteiger partial charge in [-0.25, -0.2) is 0 Å². The zero-order valence-corrected chi connectivity index (χ0v) is 9.53. The predicted octanol–water partition coefficient (Wildman–Crippen LogP) is 2.04. The maximum absolute atomic E-state index is 5.76. The van der Waals surface area contributed by atoms with Crippen molar-refractivity contribution in [2.45, 2.75) is 71.0 Å². The molecule has 3 nitrogen and oxygen atoms in total. The Morgan fingerprint density at radius 1 is 0.929 bits per heavy atom. The smallest absolute Gasteiger partial charge is 0.103 e. The van der Waals surface area contributed by atoms with Crippen molar-refractivity contribution in [3.8, 4) is 0 Å². The summed E-state index contributed by atoms with van der Waals surface area (Å²) in [7, 11) is 0. The second kappa shape index (κ2) is 5.69. The van der Waals surface area contributed by atoms with E-state index in [2.05, 4.69) is 13.8 Å². The van der Waals surface area contributed by atoms with Crippen LogP contribution in [0.15, 0.2) is 0 Å². The van der Waals surface area contributed by atoms with E-state index >= 15 is 0 Å². The minimum absolute atomic E-state index is 0.137. The first-order chi connectivity index (χ1) is 6.58. The lowest BCUT2D eigenvalue weighted by Crippen LogP contribution is -2.32. The van der Waals surface area contributed by atoms with Gasteiger partial charge in [-0.2, -0.15) is 0 Å². The van der Waals surface area contributed by atoms with E-state index in [1.54, 1.807) is 0 Å². The van der Waals surface area contributed by atoms with Crippen molar-refractivity contribution < 1.29 is 9.47 Å². The summed E-state index contributed by atoms with van der Waals surface area (Å²) >= 11 is 0. The standard InChI is InChI=1S/C11H23NO2/c1-8(2)13-10-4-6-11(7-5-10)14-9(3)12/h8-11H,4-7,12H2,1-3H3. The van der Waals surface area contributed by atoms with Crippen LogP contribution in [0.1, 0.15) is 46.5 Å². The van der Waals surface area contributed by atoms with Crippen LogP contribution in [0.5, 0.6) is 0 Å². The molecular formula is C11H23NO2. The molecule has 1 fully saturated rings. The summed E-state index contributed by atoms with van der Waals surface area (Å²) in [6, 6.07) is 0. The van der Waals surface area contributed by atoms with Crippen LogP contribution in [0.2, 0.25) is 0 Å². The molecule has 0 radical (unpaired) electrons. The van der Waals surface area contributed by atoms with Crippen LogP contribution in [0.25, 0.3) is 0 Å². The van der Waals surface area contributed by atoms with Gasteiger partial charge < -0.3 is 15.2 Å². The van der Waals surface area contributed by atoms with Crippen molar-refractivity contribution in [1.29, 1.82) is 0 Å². The molecule has 0 aromatic heterocycles. The highest BCUT2D eigenvalue weighted by atomic mass is 16.5. The van der Waals surface area contributed by atoms with Crippen LogP contribution in [-0.4, -0.2) is 24.5 Å². The van der Waals surface area contributed by atoms with Gasteiger partial charge in [-0.15, -0.1) is 0 Å². The highest BCUT2D eigenvalue weighted by Gasteiger charge is 2.23. The maximum Gasteiger partial charge on any atom is 0.103 e. The van der Waals surface area contributed by atoms with Gasteiger partial charge in [0.1, 0.15) is 6.23 Å². The van der Waals surface area contributed by atoms with Gasteiger partial charge in [-0.05, 0) is 46.5 Å². The molecular weight excluding hydrogens is 178 g/mol. The lowest BCUT2D eigenvalue weighted by molar-refractivity contribution is -0.0681. The van der Waals surface area contributed by atoms with E-state index in [1.807, 2.05) is 6.92 Å². The van der Waals surface area contributed by atoms with Crippen molar-refractivity contribution >= 4 is 0 Å². The van der Waals surface area contributed by atoms with E-state index in [-0.39, 0.29) is 6.23 Å². The lowest BCUT2D eigenvalue weighted by Gasteiger charge is -2.30. The first-order valence-corrected chi connectivity index (χ1v) is 5.64. The molecule has 1 aliphatic carbocycles. The zero-order valence-electron chi connectivity index (χ0n) is 9.53. The Kier molecular flexibility index (Phi) is 4.85. The molecule has 84 valence electrons. The second-order valence-corrected chi connectivity index (χ2v) is 4.42. The van der Waals surface area contributed by atoms with Crippen molar-refractivity contribution in [3.63, 3.8) is 0 Å². The zero-order chi connectivity index (χ0) is 10.6. The minimum Gasteiger partial charge on any atom is -0.376 e. The van der Waals surface area contributed by atoms with Gasteiger partial charge in [0.05, 0.1) is 18.3 Å². The van der Waals surface area contributed by atoms with E-state index in [9.17, 15) is 0 Å². The Labute approximate surface area is 86.9 Å². The summed E-state index contributed by atoms with van der Waals surface area (Å²) in [5.74, 6) is 0. The van der Waals surface area contributed by atoms with E-state index < -0.39 is 0 Å². The first-order valence-electron chi connectivity index (χ1n) is 5.64. The van der Waals surface area contributed by atoms with Crippen LogP contribution in [-0.2, 0) is 9.47 Å². The molecule has 1 atom stereocenters. The lowest BCUT2D eigenvalue weighted by atomic mass is 9.95. The van der Waals surface area contributed by atoms with Gasteiger partial charge in [0, 0.05) is 0 Å². The number of hydrogen-bond donors (Lipinski definition) is 1. The Hall–Kier alpha value is -0.120. The van der Waals surface area contributed by atoms with Crippen LogP contribution in [0.4, 0.5) is 0 Å². The summed E-state index contributed by atoms with van der Waals surface area (Å²) in [6.45, 7) is 6.06. The first kappa shape index (κ1) is 12.0. The fraction of sp³-hybridized carbons (Fsp3) is 1.00. The molecule has 0 amide bonds. The largest absolute Gasteiger partial charge is 0.376 e. The normalized spacial score (nSPS) is 30.6. The van der Waals surface area contributed by atoms with Crippen molar-refractivity contribution in [2.24, 2.45) is 5.73 Å². The molecule has 1 rings (SSSR count). The van der Waals surface area contributed by atoms with Gasteiger partial charge in [-0.3, -0.25) is 0 Å². The average Bonchev–Trinajstić information content (AvgIpc) is 2.06. The minimum atomic E-state index is -0.137. The van der Waals surface area contributed by atoms with Crippen LogP contribution < -0.4 is 5.73 Å². The van der Waals surface area contributed by atoms with Crippen LogP contribution in [0, 0.1) is 0 Å². The molecule has 1 aliphatic rings. The van der Waals surface area contributed by atoms with Gasteiger partial charge in [0.25, 0.3) is 0 Å². The Bertz CT molecular complexity index is 133. The van der Waals surface area contributed by atoms with Crippen LogP contribution >= 0.6 is 0 Å². The number of ether oxygens (including phenoxy) is 2. The number of rotatable bonds is 4. The van der Waals surface area contributed by atoms with Crippen molar-refractivity contribution in [2.75, 3.05) is 0 Å². The Morgan fingerprint density at radius 2 is 1.36 bits per heavy atom. The average molecular weight is 201 g/mol. The third-order valence-electron chi connectivity index (χ3n) is 2.49. The van der Waals surface area contributed by atoms with Crippen molar-refractivity contribution in [1.82, 2.24) is 0 Å². The molecule has 0 saturated heterocycles. The Balaban J connectivity index is 2.17. The fourth-order valence-electron chi connectivity index (χ4n) is 1.99. The third kappa shape index (κ3) is 4.40. The van der Waals surface area contributed by atoms with Crippen LogP contribution in [0.3, 0.4) is 0 Å². The quantitative estimate of drug-likeness (QED) is 0.708. The van der Waals surface area contributed by atoms with E-state index in [4.69, 9.17) is 15.2 Å². The molecule has 0 aromatic rings. The van der Waals surface area contributed by atoms with Crippen molar-refractivity contribution in [3.05, 3.63) is 0 Å². The molecule has 0 heterocycles. The second-order valence-electron chi connectivity index (χ2n) is 4.42. The molecule has 1 saturated carbocycles. The molecule has 0 aromatic carbocycles. The molecule has 2 N–H and O–H groups in total. The van der Waals surface area contributed by atoms with Gasteiger partial charge >= 0.3 is 0 Å². The summed E-state index contributed by atoms with van der Waals surface area (Å²) in [5, 5.41) is 0. The summed E-state index contributed by atoms with van der Waals surface area (Å²) in [5.41, 5.74) is 5.59. The summed E-state index contributed by atoms with van der Waals surface area (Å²) in [6.07, 6.45) is 5.36. The maximum atomic E-state index is 5.76. The van der Waals surface area contributed by atoms with E-state index in [0.717, 1.165) is 25.7 Å². The Morgan fingerprint density at radius 3 is 1.71 bits per heavy atom. The fourth-order valence-corrected chi connectivity index (χ4v) is 1.99. The molecule has 0 aliphatic heterocycles. The summed E-state index contributed by atoms with van der Waals surface area (Å²) in [4.78, 5) is 0. The molecule has 0 bridgehead atoms. The molecule has 14 heavy (non-hydrogen) atoms.